The molecule has 0 aliphatic carbocycles. The van der Waals surface area contributed by atoms with Crippen molar-refractivity contribution < 1.29 is 13.2 Å². The number of amides is 1. The van der Waals surface area contributed by atoms with Crippen LogP contribution in [0.5, 0.6) is 0 Å². The first-order valence-electron chi connectivity index (χ1n) is 5.20. The second kappa shape index (κ2) is 5.33. The molecule has 0 bridgehead atoms. The van der Waals surface area contributed by atoms with E-state index in [0.717, 1.165) is 0 Å². The Labute approximate surface area is 101 Å². The van der Waals surface area contributed by atoms with E-state index in [1.807, 2.05) is 0 Å². The summed E-state index contributed by atoms with van der Waals surface area (Å²) >= 11 is 5.63. The Kier molecular flexibility index (Phi) is 4.58. The van der Waals surface area contributed by atoms with Gasteiger partial charge in [-0.05, 0) is 19.8 Å². The van der Waals surface area contributed by atoms with Gasteiger partial charge >= 0.3 is 0 Å². The fraction of sp³-hybridized carbons (Fsp3) is 0.889. The lowest BCUT2D eigenvalue weighted by Gasteiger charge is -2.30. The molecule has 5 nitrogen and oxygen atoms in total. The van der Waals surface area contributed by atoms with Crippen LogP contribution < -0.4 is 5.32 Å². The van der Waals surface area contributed by atoms with Crippen LogP contribution >= 0.6 is 11.6 Å². The number of alkyl halides is 1. The summed E-state index contributed by atoms with van der Waals surface area (Å²) in [5.74, 6) is -0.195. The molecule has 1 aliphatic rings. The summed E-state index contributed by atoms with van der Waals surface area (Å²) in [6, 6.07) is 0.0340. The van der Waals surface area contributed by atoms with Crippen molar-refractivity contribution in [3.8, 4) is 0 Å². The molecule has 1 heterocycles. The number of halogens is 1. The molecule has 1 rings (SSSR count). The van der Waals surface area contributed by atoms with Crippen molar-refractivity contribution in [2.24, 2.45) is 0 Å². The topological polar surface area (TPSA) is 66.5 Å². The molecule has 1 atom stereocenters. The van der Waals surface area contributed by atoms with Gasteiger partial charge in [0.05, 0.1) is 6.26 Å². The minimum atomic E-state index is -3.10. The minimum Gasteiger partial charge on any atom is -0.352 e. The van der Waals surface area contributed by atoms with Gasteiger partial charge in [0, 0.05) is 19.1 Å². The Balaban J connectivity index is 2.41. The van der Waals surface area contributed by atoms with Crippen molar-refractivity contribution in [2.45, 2.75) is 31.2 Å². The molecule has 1 unspecified atom stereocenters. The smallest absolute Gasteiger partial charge is 0.237 e. The van der Waals surface area contributed by atoms with Gasteiger partial charge in [0.25, 0.3) is 0 Å². The number of carbonyl (C=O) groups excluding carboxylic acids is 1. The highest BCUT2D eigenvalue weighted by Crippen LogP contribution is 2.13. The highest BCUT2D eigenvalue weighted by atomic mass is 35.5. The molecule has 1 saturated heterocycles. The van der Waals surface area contributed by atoms with Crippen LogP contribution in [0.4, 0.5) is 0 Å². The van der Waals surface area contributed by atoms with E-state index < -0.39 is 15.4 Å². The molecule has 1 amide bonds. The number of nitrogens with zero attached hydrogens (tertiary/aromatic N) is 1. The van der Waals surface area contributed by atoms with E-state index in [2.05, 4.69) is 5.32 Å². The van der Waals surface area contributed by atoms with Gasteiger partial charge in [0.15, 0.2) is 0 Å². The van der Waals surface area contributed by atoms with E-state index in [-0.39, 0.29) is 11.9 Å². The average Bonchev–Trinajstić information content (AvgIpc) is 2.17. The van der Waals surface area contributed by atoms with Crippen molar-refractivity contribution >= 4 is 27.5 Å². The zero-order valence-electron chi connectivity index (χ0n) is 9.44. The number of piperidine rings is 1. The molecule has 1 fully saturated rings. The van der Waals surface area contributed by atoms with E-state index >= 15 is 0 Å². The number of hydrogen-bond acceptors (Lipinski definition) is 3. The Hall–Kier alpha value is -0.330. The van der Waals surface area contributed by atoms with Gasteiger partial charge < -0.3 is 5.32 Å². The summed E-state index contributed by atoms with van der Waals surface area (Å²) in [7, 11) is -3.10. The predicted molar refractivity (Wildman–Crippen MR) is 62.9 cm³/mol. The second-order valence-corrected chi connectivity index (χ2v) is 6.70. The second-order valence-electron chi connectivity index (χ2n) is 4.06. The number of hydrogen-bond donors (Lipinski definition) is 1. The zero-order valence-corrected chi connectivity index (χ0v) is 11.0. The molecule has 0 aromatic heterocycles. The van der Waals surface area contributed by atoms with Crippen LogP contribution in [0.2, 0.25) is 0 Å². The lowest BCUT2D eigenvalue weighted by Crippen LogP contribution is -2.47. The van der Waals surface area contributed by atoms with Crippen LogP contribution in [0.15, 0.2) is 0 Å². The first-order valence-corrected chi connectivity index (χ1v) is 7.48. The van der Waals surface area contributed by atoms with Crippen molar-refractivity contribution in [3.05, 3.63) is 0 Å². The molecular weight excluding hydrogens is 252 g/mol. The summed E-state index contributed by atoms with van der Waals surface area (Å²) in [6.45, 7) is 2.53. The number of sulfonamides is 1. The van der Waals surface area contributed by atoms with Gasteiger partial charge in [-0.25, -0.2) is 12.7 Å². The first-order chi connectivity index (χ1) is 7.30. The fourth-order valence-corrected chi connectivity index (χ4v) is 2.58. The third-order valence-corrected chi connectivity index (χ3v) is 4.13. The van der Waals surface area contributed by atoms with Crippen LogP contribution in [0, 0.1) is 0 Å². The van der Waals surface area contributed by atoms with Crippen molar-refractivity contribution in [3.63, 3.8) is 0 Å². The summed E-state index contributed by atoms with van der Waals surface area (Å²) in [4.78, 5) is 11.3. The molecule has 0 aromatic carbocycles. The Bertz CT molecular complexity index is 348. The summed E-state index contributed by atoms with van der Waals surface area (Å²) in [5.41, 5.74) is 0. The summed E-state index contributed by atoms with van der Waals surface area (Å²) < 4.78 is 23.9. The third-order valence-electron chi connectivity index (χ3n) is 2.63. The zero-order chi connectivity index (χ0) is 12.3. The standard InChI is InChI=1S/C9H17ClN2O3S/c1-7(10)9(13)11-8-3-5-12(6-4-8)16(2,14)15/h7-8H,3-6H2,1-2H3,(H,11,13). The van der Waals surface area contributed by atoms with Gasteiger partial charge in [0.2, 0.25) is 15.9 Å². The van der Waals surface area contributed by atoms with E-state index in [0.29, 0.717) is 25.9 Å². The van der Waals surface area contributed by atoms with Crippen molar-refractivity contribution in [1.82, 2.24) is 9.62 Å². The molecular formula is C9H17ClN2O3S. The molecule has 0 spiro atoms. The highest BCUT2D eigenvalue weighted by molar-refractivity contribution is 7.88. The van der Waals surface area contributed by atoms with Gasteiger partial charge in [-0.2, -0.15) is 0 Å². The molecule has 0 aromatic rings. The molecule has 7 heteroatoms. The third kappa shape index (κ3) is 3.92. The van der Waals surface area contributed by atoms with Crippen LogP contribution in [0.3, 0.4) is 0 Å². The first kappa shape index (κ1) is 13.7. The summed E-state index contributed by atoms with van der Waals surface area (Å²) in [5, 5.41) is 2.25. The van der Waals surface area contributed by atoms with Crippen LogP contribution in [-0.2, 0) is 14.8 Å². The lowest BCUT2D eigenvalue weighted by atomic mass is 10.1. The van der Waals surface area contributed by atoms with Gasteiger partial charge in [-0.1, -0.05) is 0 Å². The molecule has 0 radical (unpaired) electrons. The molecule has 1 aliphatic heterocycles. The van der Waals surface area contributed by atoms with E-state index in [1.165, 1.54) is 10.6 Å². The Morgan fingerprint density at radius 2 is 1.94 bits per heavy atom. The van der Waals surface area contributed by atoms with Gasteiger partial charge in [-0.3, -0.25) is 4.79 Å². The highest BCUT2D eigenvalue weighted by Gasteiger charge is 2.26. The quantitative estimate of drug-likeness (QED) is 0.741. The van der Waals surface area contributed by atoms with E-state index in [1.54, 1.807) is 6.92 Å². The maximum absolute atomic E-state index is 11.3. The Morgan fingerprint density at radius 3 is 2.31 bits per heavy atom. The fourth-order valence-electron chi connectivity index (χ4n) is 1.65. The van der Waals surface area contributed by atoms with E-state index in [9.17, 15) is 13.2 Å². The van der Waals surface area contributed by atoms with Crippen molar-refractivity contribution in [1.29, 1.82) is 0 Å². The summed E-state index contributed by atoms with van der Waals surface area (Å²) in [6.07, 6.45) is 2.48. The maximum Gasteiger partial charge on any atom is 0.237 e. The number of carbonyl (C=O) groups is 1. The maximum atomic E-state index is 11.3. The number of rotatable bonds is 3. The normalized spacial score (nSPS) is 21.7. The SMILES string of the molecule is CC(Cl)C(=O)NC1CCN(S(C)(=O)=O)CC1. The largest absolute Gasteiger partial charge is 0.352 e. The predicted octanol–water partition coefficient (Wildman–Crippen LogP) is 0.154. The molecule has 16 heavy (non-hydrogen) atoms. The molecule has 1 N–H and O–H groups in total. The van der Waals surface area contributed by atoms with Gasteiger partial charge in [0.1, 0.15) is 5.38 Å². The minimum absolute atomic E-state index is 0.0340. The van der Waals surface area contributed by atoms with Crippen LogP contribution in [0.1, 0.15) is 19.8 Å². The average molecular weight is 269 g/mol. The number of nitrogens with one attached hydrogen (secondary N) is 1. The van der Waals surface area contributed by atoms with Crippen LogP contribution in [0.25, 0.3) is 0 Å². The Morgan fingerprint density at radius 1 is 1.44 bits per heavy atom. The van der Waals surface area contributed by atoms with Crippen LogP contribution in [-0.4, -0.2) is 49.4 Å². The lowest BCUT2D eigenvalue weighted by molar-refractivity contribution is -0.121. The monoisotopic (exact) mass is 268 g/mol. The van der Waals surface area contributed by atoms with E-state index in [4.69, 9.17) is 11.6 Å². The molecule has 0 saturated carbocycles. The van der Waals surface area contributed by atoms with Gasteiger partial charge in [-0.15, -0.1) is 11.6 Å². The molecule has 94 valence electrons. The van der Waals surface area contributed by atoms with Crippen molar-refractivity contribution in [2.75, 3.05) is 19.3 Å².